The Morgan fingerprint density at radius 3 is 2.29 bits per heavy atom. The largest absolute Gasteiger partial charge is 0.429 e. The molecule has 0 N–H and O–H groups in total. The van der Waals surface area contributed by atoms with Crippen LogP contribution in [0.25, 0.3) is 0 Å². The van der Waals surface area contributed by atoms with Crippen LogP contribution in [-0.4, -0.2) is 21.4 Å². The normalized spacial score (nSPS) is 19.6. The molecule has 0 aliphatic carbocycles. The molecule has 1 aliphatic heterocycles. The van der Waals surface area contributed by atoms with Crippen molar-refractivity contribution in [3.63, 3.8) is 0 Å². The van der Waals surface area contributed by atoms with E-state index in [2.05, 4.69) is 11.7 Å². The average molecular weight is 421 g/mol. The first-order valence-corrected chi connectivity index (χ1v) is 12.5. The maximum absolute atomic E-state index is 13.7. The van der Waals surface area contributed by atoms with Crippen LogP contribution in [0.2, 0.25) is 18.1 Å². The third-order valence-electron chi connectivity index (χ3n) is 5.29. The Balaban J connectivity index is 1.79. The fraction of sp³-hybridized carbons (Fsp3) is 0.650. The maximum Gasteiger partial charge on any atom is 0.387 e. The van der Waals surface area contributed by atoms with E-state index in [9.17, 15) is 22.4 Å². The van der Waals surface area contributed by atoms with Gasteiger partial charge in [0.05, 0.1) is 5.92 Å². The SMILES string of the molecule is CCCCCCC[SiH]1CCC(C(=O)Oc2cc(F)c(OC(F)F)c(F)c2)CC1. The molecule has 1 fully saturated rings. The topological polar surface area (TPSA) is 35.5 Å². The minimum atomic E-state index is -3.34. The fourth-order valence-electron chi connectivity index (χ4n) is 3.72. The van der Waals surface area contributed by atoms with Crippen LogP contribution in [-0.2, 0) is 4.79 Å². The van der Waals surface area contributed by atoms with Crippen molar-refractivity contribution in [1.29, 1.82) is 0 Å². The van der Waals surface area contributed by atoms with Crippen LogP contribution in [0, 0.1) is 17.6 Å². The van der Waals surface area contributed by atoms with E-state index in [-0.39, 0.29) is 11.7 Å². The molecule has 1 heterocycles. The number of carbonyl (C=O) groups is 1. The Morgan fingerprint density at radius 2 is 1.71 bits per heavy atom. The van der Waals surface area contributed by atoms with Crippen molar-refractivity contribution in [2.75, 3.05) is 0 Å². The minimum Gasteiger partial charge on any atom is -0.429 e. The number of rotatable bonds is 10. The lowest BCUT2D eigenvalue weighted by Crippen LogP contribution is -2.28. The summed E-state index contributed by atoms with van der Waals surface area (Å²) in [7, 11) is -0.795. The van der Waals surface area contributed by atoms with Gasteiger partial charge in [0.25, 0.3) is 0 Å². The molecule has 0 saturated carbocycles. The van der Waals surface area contributed by atoms with Gasteiger partial charge in [-0.3, -0.25) is 4.79 Å². The van der Waals surface area contributed by atoms with E-state index in [1.54, 1.807) is 0 Å². The second-order valence-corrected chi connectivity index (χ2v) is 10.9. The second-order valence-electron chi connectivity index (χ2n) is 7.44. The molecule has 3 nitrogen and oxygen atoms in total. The number of hydrogen-bond donors (Lipinski definition) is 0. The van der Waals surface area contributed by atoms with Crippen molar-refractivity contribution in [3.05, 3.63) is 23.8 Å². The number of halogens is 4. The standard InChI is InChI=1S/C20H28F4O3Si/c1-2-3-4-5-6-9-28-10-7-14(8-11-28)19(25)26-15-12-16(21)18(17(22)13-15)27-20(23)24/h12-14,20,28H,2-11H2,1H3. The predicted octanol–water partition coefficient (Wildman–Crippen LogP) is 6.08. The third kappa shape index (κ3) is 7.11. The summed E-state index contributed by atoms with van der Waals surface area (Å²) in [5.74, 6) is -4.97. The van der Waals surface area contributed by atoms with Gasteiger partial charge >= 0.3 is 12.6 Å². The van der Waals surface area contributed by atoms with E-state index in [1.165, 1.54) is 38.1 Å². The zero-order chi connectivity index (χ0) is 20.5. The highest BCUT2D eigenvalue weighted by Crippen LogP contribution is 2.32. The molecule has 1 aliphatic rings. The van der Waals surface area contributed by atoms with Gasteiger partial charge in [-0.2, -0.15) is 8.78 Å². The van der Waals surface area contributed by atoms with Crippen molar-refractivity contribution in [2.45, 2.75) is 76.6 Å². The summed E-state index contributed by atoms with van der Waals surface area (Å²) < 4.78 is 60.7. The second kappa shape index (κ2) is 11.4. The molecule has 1 saturated heterocycles. The molecule has 8 heteroatoms. The molecule has 1 aromatic rings. The number of unbranched alkanes of at least 4 members (excludes halogenated alkanes) is 4. The first-order valence-electron chi connectivity index (χ1n) is 10.1. The Morgan fingerprint density at radius 1 is 1.11 bits per heavy atom. The maximum atomic E-state index is 13.7. The lowest BCUT2D eigenvalue weighted by atomic mass is 10.0. The summed E-state index contributed by atoms with van der Waals surface area (Å²) in [4.78, 5) is 12.3. The number of ether oxygens (including phenoxy) is 2. The lowest BCUT2D eigenvalue weighted by Gasteiger charge is -2.26. The van der Waals surface area contributed by atoms with Crippen LogP contribution in [0.5, 0.6) is 11.5 Å². The molecule has 0 aromatic heterocycles. The molecule has 158 valence electrons. The Bertz CT molecular complexity index is 611. The number of esters is 1. The molecule has 0 radical (unpaired) electrons. The van der Waals surface area contributed by atoms with Gasteiger partial charge in [-0.25, -0.2) is 8.78 Å². The molecule has 0 amide bonds. The highest BCUT2D eigenvalue weighted by molar-refractivity contribution is 6.59. The highest BCUT2D eigenvalue weighted by Gasteiger charge is 2.28. The van der Waals surface area contributed by atoms with E-state index >= 15 is 0 Å². The number of hydrogen-bond acceptors (Lipinski definition) is 3. The van der Waals surface area contributed by atoms with Crippen molar-refractivity contribution < 1.29 is 31.8 Å². The van der Waals surface area contributed by atoms with Crippen molar-refractivity contribution >= 4 is 14.8 Å². The van der Waals surface area contributed by atoms with Gasteiger partial charge in [0.15, 0.2) is 17.4 Å². The first kappa shape index (κ1) is 22.7. The molecular formula is C20H28F4O3Si. The van der Waals surface area contributed by atoms with Crippen LogP contribution in [0.3, 0.4) is 0 Å². The molecular weight excluding hydrogens is 392 g/mol. The first-order chi connectivity index (χ1) is 13.4. The number of benzene rings is 1. The molecule has 0 spiro atoms. The van der Waals surface area contributed by atoms with E-state index in [0.717, 1.165) is 24.9 Å². The number of alkyl halides is 2. The van der Waals surface area contributed by atoms with Crippen LogP contribution >= 0.6 is 0 Å². The van der Waals surface area contributed by atoms with E-state index < -0.39 is 38.8 Å². The van der Waals surface area contributed by atoms with E-state index in [4.69, 9.17) is 4.74 Å². The quantitative estimate of drug-likeness (QED) is 0.151. The molecule has 0 atom stereocenters. The predicted molar refractivity (Wildman–Crippen MR) is 102 cm³/mol. The summed E-state index contributed by atoms with van der Waals surface area (Å²) in [6.07, 6.45) is 7.88. The molecule has 0 unspecified atom stereocenters. The van der Waals surface area contributed by atoms with E-state index in [0.29, 0.717) is 12.1 Å². The highest BCUT2D eigenvalue weighted by atomic mass is 28.3. The molecule has 28 heavy (non-hydrogen) atoms. The smallest absolute Gasteiger partial charge is 0.387 e. The fourth-order valence-corrected chi connectivity index (χ4v) is 7.20. The van der Waals surface area contributed by atoms with Crippen molar-refractivity contribution in [1.82, 2.24) is 0 Å². The van der Waals surface area contributed by atoms with Gasteiger partial charge in [-0.15, -0.1) is 0 Å². The van der Waals surface area contributed by atoms with Crippen LogP contribution in [0.1, 0.15) is 51.9 Å². The zero-order valence-corrected chi connectivity index (χ0v) is 17.3. The molecule has 0 bridgehead atoms. The zero-order valence-electron chi connectivity index (χ0n) is 16.2. The third-order valence-corrected chi connectivity index (χ3v) is 8.82. The summed E-state index contributed by atoms with van der Waals surface area (Å²) in [6, 6.07) is 4.85. The average Bonchev–Trinajstić information content (AvgIpc) is 2.65. The van der Waals surface area contributed by atoms with Gasteiger partial charge in [0.1, 0.15) is 5.75 Å². The lowest BCUT2D eigenvalue weighted by molar-refractivity contribution is -0.139. The Kier molecular flexibility index (Phi) is 9.27. The summed E-state index contributed by atoms with van der Waals surface area (Å²) in [5.41, 5.74) is 0. The molecule has 1 aromatic carbocycles. The summed E-state index contributed by atoms with van der Waals surface area (Å²) >= 11 is 0. The summed E-state index contributed by atoms with van der Waals surface area (Å²) in [5, 5.41) is 0. The van der Waals surface area contributed by atoms with Gasteiger partial charge in [-0.1, -0.05) is 57.2 Å². The van der Waals surface area contributed by atoms with Crippen LogP contribution < -0.4 is 9.47 Å². The van der Waals surface area contributed by atoms with Gasteiger partial charge in [0.2, 0.25) is 0 Å². The van der Waals surface area contributed by atoms with Gasteiger partial charge in [-0.05, 0) is 12.8 Å². The Hall–Kier alpha value is -1.57. The monoisotopic (exact) mass is 420 g/mol. The summed E-state index contributed by atoms with van der Waals surface area (Å²) in [6.45, 7) is -1.15. The number of carbonyl (C=O) groups excluding carboxylic acids is 1. The van der Waals surface area contributed by atoms with Crippen molar-refractivity contribution in [3.8, 4) is 11.5 Å². The Labute approximate surface area is 165 Å². The van der Waals surface area contributed by atoms with Crippen LogP contribution in [0.4, 0.5) is 17.6 Å². The van der Waals surface area contributed by atoms with Crippen LogP contribution in [0.15, 0.2) is 12.1 Å². The van der Waals surface area contributed by atoms with Gasteiger partial charge in [0, 0.05) is 20.9 Å². The minimum absolute atomic E-state index is 0.271. The van der Waals surface area contributed by atoms with E-state index in [1.807, 2.05) is 0 Å². The van der Waals surface area contributed by atoms with Crippen molar-refractivity contribution in [2.24, 2.45) is 5.92 Å². The molecule has 2 rings (SSSR count). The van der Waals surface area contributed by atoms with Gasteiger partial charge < -0.3 is 9.47 Å².